The maximum Gasteiger partial charge on any atom is 0.0499 e. The third-order valence-electron chi connectivity index (χ3n) is 3.96. The van der Waals surface area contributed by atoms with Crippen LogP contribution in [0.4, 0.5) is 0 Å². The van der Waals surface area contributed by atoms with Gasteiger partial charge < -0.3 is 10.4 Å². The summed E-state index contributed by atoms with van der Waals surface area (Å²) in [4.78, 5) is 0. The molecule has 2 nitrogen and oxygen atoms in total. The molecule has 0 radical (unpaired) electrons. The van der Waals surface area contributed by atoms with Crippen LogP contribution in [0.25, 0.3) is 0 Å². The van der Waals surface area contributed by atoms with Gasteiger partial charge in [-0.15, -0.1) is 0 Å². The number of aryl methyl sites for hydroxylation is 1. The predicted octanol–water partition coefficient (Wildman–Crippen LogP) is 2.29. The molecule has 0 heterocycles. The third-order valence-corrected chi connectivity index (χ3v) is 3.96. The number of hydrogen-bond acceptors (Lipinski definition) is 2. The van der Waals surface area contributed by atoms with Crippen molar-refractivity contribution in [2.45, 2.75) is 32.6 Å². The molecule has 2 heteroatoms. The molecule has 0 saturated heterocycles. The summed E-state index contributed by atoms with van der Waals surface area (Å²) in [5.74, 6) is 0. The molecule has 2 rings (SSSR count). The van der Waals surface area contributed by atoms with Crippen LogP contribution >= 0.6 is 0 Å². The van der Waals surface area contributed by atoms with E-state index in [2.05, 4.69) is 36.5 Å². The Labute approximate surface area is 104 Å². The zero-order chi connectivity index (χ0) is 12.1. The summed E-state index contributed by atoms with van der Waals surface area (Å²) in [7, 11) is 0. The first-order valence-electron chi connectivity index (χ1n) is 6.61. The van der Waals surface area contributed by atoms with Gasteiger partial charge in [0, 0.05) is 18.6 Å². The molecular weight excluding hydrogens is 210 g/mol. The molecule has 2 N–H and O–H groups in total. The van der Waals surface area contributed by atoms with Crippen molar-refractivity contribution in [2.24, 2.45) is 5.41 Å². The number of nitrogens with one attached hydrogen (secondary N) is 1. The smallest absolute Gasteiger partial charge is 0.0499 e. The molecule has 94 valence electrons. The van der Waals surface area contributed by atoms with Crippen LogP contribution in [-0.2, 0) is 6.42 Å². The minimum Gasteiger partial charge on any atom is -0.396 e. The van der Waals surface area contributed by atoms with E-state index in [4.69, 9.17) is 0 Å². The van der Waals surface area contributed by atoms with E-state index in [1.54, 1.807) is 0 Å². The zero-order valence-electron chi connectivity index (χ0n) is 10.7. The Kier molecular flexibility index (Phi) is 4.19. The first kappa shape index (κ1) is 12.6. The number of hydrogen-bond donors (Lipinski definition) is 2. The van der Waals surface area contributed by atoms with Gasteiger partial charge in [0.25, 0.3) is 0 Å². The number of aliphatic hydroxyl groups excluding tert-OH is 1. The van der Waals surface area contributed by atoms with Crippen molar-refractivity contribution in [1.29, 1.82) is 0 Å². The number of benzene rings is 1. The Morgan fingerprint density at radius 3 is 2.47 bits per heavy atom. The van der Waals surface area contributed by atoms with Crippen LogP contribution in [0.5, 0.6) is 0 Å². The minimum absolute atomic E-state index is 0.202. The van der Waals surface area contributed by atoms with E-state index in [1.807, 2.05) is 0 Å². The normalized spacial score (nSPS) is 17.8. The lowest BCUT2D eigenvalue weighted by Gasteiger charge is -2.40. The molecule has 0 unspecified atom stereocenters. The quantitative estimate of drug-likeness (QED) is 0.739. The fraction of sp³-hybridized carbons (Fsp3) is 0.600. The highest BCUT2D eigenvalue weighted by Crippen LogP contribution is 2.39. The lowest BCUT2D eigenvalue weighted by molar-refractivity contribution is 0.0451. The Morgan fingerprint density at radius 2 is 1.94 bits per heavy atom. The van der Waals surface area contributed by atoms with Crippen molar-refractivity contribution in [3.63, 3.8) is 0 Å². The lowest BCUT2D eigenvalue weighted by atomic mass is 9.69. The average Bonchev–Trinajstić information content (AvgIpc) is 2.30. The fourth-order valence-electron chi connectivity index (χ4n) is 2.41. The van der Waals surface area contributed by atoms with Gasteiger partial charge in [-0.3, -0.25) is 0 Å². The molecular formula is C15H23NO. The Hall–Kier alpha value is -0.860. The van der Waals surface area contributed by atoms with Crippen molar-refractivity contribution >= 4 is 0 Å². The van der Waals surface area contributed by atoms with Crippen molar-refractivity contribution in [2.75, 3.05) is 19.7 Å². The predicted molar refractivity (Wildman–Crippen MR) is 71.1 cm³/mol. The van der Waals surface area contributed by atoms with Crippen molar-refractivity contribution in [3.8, 4) is 0 Å². The van der Waals surface area contributed by atoms with Crippen LogP contribution in [-0.4, -0.2) is 24.8 Å². The second-order valence-electron chi connectivity index (χ2n) is 5.42. The van der Waals surface area contributed by atoms with Crippen molar-refractivity contribution in [1.82, 2.24) is 5.32 Å². The average molecular weight is 233 g/mol. The molecule has 0 atom stereocenters. The van der Waals surface area contributed by atoms with Crippen LogP contribution in [0, 0.1) is 12.3 Å². The molecule has 1 saturated carbocycles. The summed E-state index contributed by atoms with van der Waals surface area (Å²) < 4.78 is 0. The molecule has 0 spiro atoms. The maximum absolute atomic E-state index is 9.34. The van der Waals surface area contributed by atoms with Gasteiger partial charge in [-0.05, 0) is 38.3 Å². The minimum atomic E-state index is 0.202. The molecule has 1 aromatic rings. The van der Waals surface area contributed by atoms with Crippen LogP contribution in [0.15, 0.2) is 24.3 Å². The van der Waals surface area contributed by atoms with Gasteiger partial charge in [-0.1, -0.05) is 36.2 Å². The van der Waals surface area contributed by atoms with Gasteiger partial charge in [0.05, 0.1) is 0 Å². The molecule has 0 amide bonds. The monoisotopic (exact) mass is 233 g/mol. The highest BCUT2D eigenvalue weighted by Gasteiger charge is 2.35. The van der Waals surface area contributed by atoms with Gasteiger partial charge in [0.2, 0.25) is 0 Å². The summed E-state index contributed by atoms with van der Waals surface area (Å²) in [5.41, 5.74) is 2.90. The Morgan fingerprint density at radius 1 is 1.24 bits per heavy atom. The second kappa shape index (κ2) is 5.65. The maximum atomic E-state index is 9.34. The summed E-state index contributed by atoms with van der Waals surface area (Å²) in [6.45, 7) is 4.42. The fourth-order valence-corrected chi connectivity index (χ4v) is 2.41. The second-order valence-corrected chi connectivity index (χ2v) is 5.42. The van der Waals surface area contributed by atoms with Gasteiger partial charge in [0.1, 0.15) is 0 Å². The first-order valence-corrected chi connectivity index (χ1v) is 6.61. The topological polar surface area (TPSA) is 32.3 Å². The molecule has 0 bridgehead atoms. The first-order chi connectivity index (χ1) is 8.24. The molecule has 1 aliphatic rings. The van der Waals surface area contributed by atoms with Crippen LogP contribution in [0.3, 0.4) is 0 Å². The molecule has 1 fully saturated rings. The van der Waals surface area contributed by atoms with Crippen LogP contribution < -0.4 is 5.32 Å². The van der Waals surface area contributed by atoms with Crippen molar-refractivity contribution < 1.29 is 5.11 Å². The van der Waals surface area contributed by atoms with E-state index in [-0.39, 0.29) is 5.41 Å². The molecule has 0 aromatic heterocycles. The van der Waals surface area contributed by atoms with Crippen LogP contribution in [0.2, 0.25) is 0 Å². The molecule has 0 aliphatic heterocycles. The van der Waals surface area contributed by atoms with Gasteiger partial charge in [-0.2, -0.15) is 0 Å². The molecule has 1 aromatic carbocycles. The number of aliphatic hydroxyl groups is 1. The van der Waals surface area contributed by atoms with E-state index in [0.717, 1.165) is 19.5 Å². The standard InChI is InChI=1S/C15H23NO/c1-13-3-5-14(6-4-13)7-10-16-11-15(12-17)8-2-9-15/h3-6,16-17H,2,7-12H2,1H3. The summed E-state index contributed by atoms with van der Waals surface area (Å²) >= 11 is 0. The Bertz CT molecular complexity index is 335. The van der Waals surface area contributed by atoms with Gasteiger partial charge >= 0.3 is 0 Å². The SMILES string of the molecule is Cc1ccc(CCNCC2(CO)CCC2)cc1. The summed E-state index contributed by atoms with van der Waals surface area (Å²) in [6, 6.07) is 8.72. The molecule has 17 heavy (non-hydrogen) atoms. The number of rotatable bonds is 6. The summed E-state index contributed by atoms with van der Waals surface area (Å²) in [5, 5.41) is 12.8. The van der Waals surface area contributed by atoms with Gasteiger partial charge in [0.15, 0.2) is 0 Å². The van der Waals surface area contributed by atoms with Crippen LogP contribution in [0.1, 0.15) is 30.4 Å². The van der Waals surface area contributed by atoms with E-state index in [1.165, 1.54) is 30.4 Å². The highest BCUT2D eigenvalue weighted by atomic mass is 16.3. The largest absolute Gasteiger partial charge is 0.396 e. The molecule has 1 aliphatic carbocycles. The van der Waals surface area contributed by atoms with E-state index >= 15 is 0 Å². The van der Waals surface area contributed by atoms with E-state index < -0.39 is 0 Å². The zero-order valence-corrected chi connectivity index (χ0v) is 10.7. The Balaban J connectivity index is 1.67. The summed E-state index contributed by atoms with van der Waals surface area (Å²) in [6.07, 6.45) is 4.71. The van der Waals surface area contributed by atoms with Gasteiger partial charge in [-0.25, -0.2) is 0 Å². The highest BCUT2D eigenvalue weighted by molar-refractivity contribution is 5.21. The van der Waals surface area contributed by atoms with Crippen molar-refractivity contribution in [3.05, 3.63) is 35.4 Å². The van der Waals surface area contributed by atoms with E-state index in [0.29, 0.717) is 6.61 Å². The third kappa shape index (κ3) is 3.30. The lowest BCUT2D eigenvalue weighted by Crippen LogP contribution is -2.43. The van der Waals surface area contributed by atoms with E-state index in [9.17, 15) is 5.11 Å².